The van der Waals surface area contributed by atoms with Crippen LogP contribution in [-0.2, 0) is 71.3 Å². The maximum atomic E-state index is 13.9. The zero-order chi connectivity index (χ0) is 52.6. The van der Waals surface area contributed by atoms with Crippen LogP contribution in [0.1, 0.15) is 106 Å². The van der Waals surface area contributed by atoms with E-state index in [0.717, 1.165) is 5.56 Å². The molecule has 402 valence electrons. The van der Waals surface area contributed by atoms with Crippen LogP contribution in [0.25, 0.3) is 0 Å². The molecule has 3 aliphatic rings. The van der Waals surface area contributed by atoms with Gasteiger partial charge in [-0.05, 0) is 78.6 Å². The summed E-state index contributed by atoms with van der Waals surface area (Å²) in [6.07, 6.45) is -12.3. The maximum absolute atomic E-state index is 13.9. The van der Waals surface area contributed by atoms with Gasteiger partial charge in [-0.1, -0.05) is 50.8 Å². The van der Waals surface area contributed by atoms with Crippen molar-refractivity contribution in [3.05, 3.63) is 35.9 Å². The number of rotatable bonds is 16. The first kappa shape index (κ1) is 59.8. The van der Waals surface area contributed by atoms with Crippen molar-refractivity contribution >= 4 is 23.9 Å². The van der Waals surface area contributed by atoms with Gasteiger partial charge in [0.15, 0.2) is 30.6 Å². The van der Waals surface area contributed by atoms with E-state index < -0.39 is 134 Å². The van der Waals surface area contributed by atoms with Crippen molar-refractivity contribution in [2.75, 3.05) is 55.1 Å². The molecule has 71 heavy (non-hydrogen) atoms. The Kier molecular flexibility index (Phi) is 24.1. The zero-order valence-electron chi connectivity index (χ0n) is 44.1. The number of ether oxygens (including phenoxy) is 11. The Morgan fingerprint density at radius 3 is 2.18 bits per heavy atom. The molecule has 3 heterocycles. The second-order valence-corrected chi connectivity index (χ2v) is 19.5. The molecule has 19 nitrogen and oxygen atoms in total. The van der Waals surface area contributed by atoms with Crippen molar-refractivity contribution in [2.24, 2.45) is 11.8 Å². The number of hydrogen-bond donors (Lipinski definition) is 2. The Morgan fingerprint density at radius 1 is 0.915 bits per heavy atom. The van der Waals surface area contributed by atoms with Crippen molar-refractivity contribution in [2.45, 2.75) is 192 Å². The molecule has 1 aromatic rings. The van der Waals surface area contributed by atoms with Crippen LogP contribution >= 0.6 is 0 Å². The quantitative estimate of drug-likeness (QED) is 0.104. The van der Waals surface area contributed by atoms with E-state index in [0.29, 0.717) is 19.5 Å². The molecule has 3 fully saturated rings. The smallest absolute Gasteiger partial charge is 0.309 e. The predicted octanol–water partition coefficient (Wildman–Crippen LogP) is 4.00. The number of aliphatic hydroxyl groups is 2. The predicted molar refractivity (Wildman–Crippen MR) is 258 cm³/mol. The molecule has 4 rings (SSSR count). The van der Waals surface area contributed by atoms with Gasteiger partial charge in [0.2, 0.25) is 0 Å². The van der Waals surface area contributed by atoms with Gasteiger partial charge < -0.3 is 67.2 Å². The van der Waals surface area contributed by atoms with Crippen LogP contribution in [0.4, 0.5) is 0 Å². The van der Waals surface area contributed by atoms with E-state index in [1.54, 1.807) is 60.5 Å². The van der Waals surface area contributed by atoms with Gasteiger partial charge in [0, 0.05) is 72.6 Å². The molecule has 0 bridgehead atoms. The second-order valence-electron chi connectivity index (χ2n) is 19.5. The van der Waals surface area contributed by atoms with Gasteiger partial charge in [0.05, 0.1) is 43.4 Å². The van der Waals surface area contributed by atoms with E-state index in [9.17, 15) is 29.4 Å². The van der Waals surface area contributed by atoms with Gasteiger partial charge >= 0.3 is 23.9 Å². The lowest BCUT2D eigenvalue weighted by Gasteiger charge is -2.51. The van der Waals surface area contributed by atoms with Crippen molar-refractivity contribution in [3.8, 4) is 11.8 Å². The Morgan fingerprint density at radius 2 is 1.58 bits per heavy atom. The normalized spacial score (nSPS) is 34.8. The summed E-state index contributed by atoms with van der Waals surface area (Å²) in [6, 6.07) is 8.79. The van der Waals surface area contributed by atoms with Gasteiger partial charge in [0.25, 0.3) is 0 Å². The van der Waals surface area contributed by atoms with Crippen LogP contribution < -0.4 is 0 Å². The number of cyclic esters (lactones) is 1. The molecule has 0 spiro atoms. The summed E-state index contributed by atoms with van der Waals surface area (Å²) in [5.41, 5.74) is -0.466. The molecule has 2 N–H and O–H groups in total. The lowest BCUT2D eigenvalue weighted by molar-refractivity contribution is -0.345. The SMILES string of the molecule is CCC(=O)O[C@@H]1CC(=O)O[C@H](C)CCN(CC#Cc2ccccc2)C[C@H](O)[C@H](C)C[C@H](CC(OC)OC)[C@H](O[C@@H]2O[C@H](C)[C@@H](O[C@H]3C[C@@](C)(OC(C)=O)[C@@H](OC(=O)CC)[C@H](C)O3)[C@H](N(C)C)[C@H]2O)[C@H]1OC. The van der Waals surface area contributed by atoms with Gasteiger partial charge in [-0.15, -0.1) is 0 Å². The highest BCUT2D eigenvalue weighted by Crippen LogP contribution is 2.40. The van der Waals surface area contributed by atoms with Gasteiger partial charge in [-0.2, -0.15) is 0 Å². The van der Waals surface area contributed by atoms with Crippen molar-refractivity contribution in [1.29, 1.82) is 0 Å². The topological polar surface area (TPSA) is 217 Å². The number of aliphatic hydroxyl groups excluding tert-OH is 2. The summed E-state index contributed by atoms with van der Waals surface area (Å²) in [6.45, 7) is 14.4. The molecule has 1 aromatic carbocycles. The van der Waals surface area contributed by atoms with Crippen LogP contribution in [0, 0.1) is 23.7 Å². The minimum absolute atomic E-state index is 0.00306. The van der Waals surface area contributed by atoms with E-state index >= 15 is 0 Å². The van der Waals surface area contributed by atoms with E-state index in [-0.39, 0.29) is 38.6 Å². The molecule has 16 atom stereocenters. The average molecular weight is 1010 g/mol. The molecular weight excluding hydrogens is 925 g/mol. The standard InChI is InChI=1S/C52H82N2O17/c1-14-40(57)67-39-28-42(59)64-32(4)23-25-54(24-19-22-36-20-17-16-18-21-36)30-38(56)31(3)26-37(27-43(61-11)62-12)48(49(39)63-13)70-51-46(60)45(53(9)10)47(33(5)66-51)69-44-29-52(8,71-35(7)55)50(34(6)65-44)68-41(58)15-2/h16-18,20-21,31-34,37-39,43-51,56,60H,14-15,23-30H2,1-13H3/t31-,32-,33-,34+,37-,38+,39-,44+,45-,46-,47-,48+,49+,50+,51+,52-/m1/s1. The number of carbonyl (C=O) groups excluding carboxylic acids is 4. The lowest BCUT2D eigenvalue weighted by atomic mass is 9.82. The van der Waals surface area contributed by atoms with Gasteiger partial charge in [-0.3, -0.25) is 24.1 Å². The number of hydrogen-bond acceptors (Lipinski definition) is 19. The van der Waals surface area contributed by atoms with Crippen molar-refractivity contribution in [1.82, 2.24) is 9.80 Å². The third-order valence-electron chi connectivity index (χ3n) is 13.5. The molecule has 3 saturated heterocycles. The highest BCUT2D eigenvalue weighted by Gasteiger charge is 2.54. The molecule has 0 saturated carbocycles. The van der Waals surface area contributed by atoms with E-state index in [4.69, 9.17) is 52.1 Å². The van der Waals surface area contributed by atoms with E-state index in [1.165, 1.54) is 28.3 Å². The second kappa shape index (κ2) is 28.6. The summed E-state index contributed by atoms with van der Waals surface area (Å²) in [7, 11) is 7.96. The Bertz CT molecular complexity index is 1880. The zero-order valence-corrected chi connectivity index (χ0v) is 44.1. The lowest BCUT2D eigenvalue weighted by Crippen LogP contribution is -2.66. The van der Waals surface area contributed by atoms with Crippen molar-refractivity contribution in [3.63, 3.8) is 0 Å². The number of nitrogens with zero attached hydrogens (tertiary/aromatic N) is 2. The minimum Gasteiger partial charge on any atom is -0.463 e. The Balaban J connectivity index is 1.75. The minimum atomic E-state index is -1.42. The molecule has 3 aliphatic heterocycles. The van der Waals surface area contributed by atoms with Crippen LogP contribution in [0.5, 0.6) is 0 Å². The summed E-state index contributed by atoms with van der Waals surface area (Å²) >= 11 is 0. The third-order valence-corrected chi connectivity index (χ3v) is 13.5. The van der Waals surface area contributed by atoms with Crippen LogP contribution in [0.3, 0.4) is 0 Å². The van der Waals surface area contributed by atoms with Gasteiger partial charge in [-0.25, -0.2) is 0 Å². The van der Waals surface area contributed by atoms with Crippen molar-refractivity contribution < 1.29 is 81.5 Å². The highest BCUT2D eigenvalue weighted by atomic mass is 16.7. The van der Waals surface area contributed by atoms with E-state index in [1.807, 2.05) is 42.2 Å². The summed E-state index contributed by atoms with van der Waals surface area (Å²) in [5.74, 6) is 3.10. The number of carbonyl (C=O) groups is 4. The third kappa shape index (κ3) is 17.4. The monoisotopic (exact) mass is 1010 g/mol. The maximum Gasteiger partial charge on any atom is 0.309 e. The molecule has 0 aliphatic carbocycles. The molecule has 0 aromatic heterocycles. The molecule has 19 heteroatoms. The Labute approximate surface area is 420 Å². The molecular formula is C52H82N2O17. The Hall–Kier alpha value is -3.78. The summed E-state index contributed by atoms with van der Waals surface area (Å²) in [5, 5.41) is 24.5. The average Bonchev–Trinajstić information content (AvgIpc) is 3.31. The van der Waals surface area contributed by atoms with Crippen LogP contribution in [-0.4, -0.2) is 191 Å². The first-order valence-electron chi connectivity index (χ1n) is 24.9. The molecule has 0 radical (unpaired) electrons. The van der Waals surface area contributed by atoms with Crippen LogP contribution in [0.2, 0.25) is 0 Å². The number of esters is 4. The largest absolute Gasteiger partial charge is 0.463 e. The highest BCUT2D eigenvalue weighted by molar-refractivity contribution is 5.73. The number of β-amino-alcohol motifs (C(OH)–C–C–N with tert-alkyl or cyclic N) is 1. The summed E-state index contributed by atoms with van der Waals surface area (Å²) in [4.78, 5) is 55.8. The number of benzene rings is 1. The van der Waals surface area contributed by atoms with Gasteiger partial charge in [0.1, 0.15) is 30.5 Å². The fraction of sp³-hybridized carbons (Fsp3) is 0.769. The first-order valence-corrected chi connectivity index (χ1v) is 24.9. The van der Waals surface area contributed by atoms with Crippen LogP contribution in [0.15, 0.2) is 30.3 Å². The number of methoxy groups -OCH3 is 3. The molecule has 0 amide bonds. The number of likely N-dealkylation sites (N-methyl/N-ethyl adjacent to an activating group) is 1. The molecule has 0 unspecified atom stereocenters. The fourth-order valence-corrected chi connectivity index (χ4v) is 9.77. The van der Waals surface area contributed by atoms with E-state index in [2.05, 4.69) is 11.8 Å². The first-order chi connectivity index (χ1) is 33.7. The fourth-order valence-electron chi connectivity index (χ4n) is 9.77. The summed E-state index contributed by atoms with van der Waals surface area (Å²) < 4.78 is 67.7.